The average molecular weight is 1080 g/mol. The van der Waals surface area contributed by atoms with E-state index in [-0.39, 0.29) is 18.5 Å². The zero-order valence-electron chi connectivity index (χ0n) is 51.7. The van der Waals surface area contributed by atoms with Gasteiger partial charge in [-0.15, -0.1) is 0 Å². The van der Waals surface area contributed by atoms with Crippen LogP contribution in [0.1, 0.15) is 367 Å². The predicted octanol–water partition coefficient (Wildman–Crippen LogP) is 22.1. The molecule has 3 N–H and O–H groups in total. The lowest BCUT2D eigenvalue weighted by molar-refractivity contribution is -0.143. The number of allylic oxidation sites excluding steroid dienone is 8. The molecule has 0 aromatic heterocycles. The van der Waals surface area contributed by atoms with E-state index in [4.69, 9.17) is 4.74 Å². The topological polar surface area (TPSA) is 95.9 Å². The maximum Gasteiger partial charge on any atom is 0.305 e. The standard InChI is InChI=1S/C71H133NO5/c1-3-5-7-9-11-13-15-16-41-45-49-53-57-61-65-71(76)77-66-62-58-54-50-46-42-39-37-35-33-31-29-27-25-23-21-19-17-18-20-22-24-26-28-30-32-34-36-38-40-44-48-52-56-60-64-70(75)72-68(67-73)69(74)63-59-55-51-47-43-14-12-10-8-6-4-2/h9,11,15-16,19,21,25,27,68-69,73-74H,3-8,10,12-14,17-18,20,22-24,26,28-67H2,1-2H3,(H,72,75)/b11-9-,16-15-,21-19-,27-25-. The van der Waals surface area contributed by atoms with Crippen molar-refractivity contribution >= 4 is 11.9 Å². The van der Waals surface area contributed by atoms with Crippen LogP contribution in [0.5, 0.6) is 0 Å². The van der Waals surface area contributed by atoms with Gasteiger partial charge in [-0.2, -0.15) is 0 Å². The number of unbranched alkanes of at least 4 members (excludes halogenated alkanes) is 45. The normalized spacial score (nSPS) is 12.8. The summed E-state index contributed by atoms with van der Waals surface area (Å²) in [5, 5.41) is 23.2. The molecule has 2 unspecified atom stereocenters. The van der Waals surface area contributed by atoms with E-state index in [1.54, 1.807) is 0 Å². The van der Waals surface area contributed by atoms with E-state index >= 15 is 0 Å². The molecule has 0 fully saturated rings. The Labute approximate surface area is 480 Å². The monoisotopic (exact) mass is 1080 g/mol. The van der Waals surface area contributed by atoms with Gasteiger partial charge in [-0.25, -0.2) is 0 Å². The molecule has 6 nitrogen and oxygen atoms in total. The van der Waals surface area contributed by atoms with Crippen molar-refractivity contribution in [3.8, 4) is 0 Å². The minimum atomic E-state index is -0.661. The lowest BCUT2D eigenvalue weighted by atomic mass is 10.0. The Kier molecular flexibility index (Phi) is 64.5. The smallest absolute Gasteiger partial charge is 0.305 e. The van der Waals surface area contributed by atoms with Crippen molar-refractivity contribution in [3.63, 3.8) is 0 Å². The second-order valence-electron chi connectivity index (χ2n) is 23.5. The predicted molar refractivity (Wildman–Crippen MR) is 338 cm³/mol. The third-order valence-corrected chi connectivity index (χ3v) is 15.9. The summed E-state index contributed by atoms with van der Waals surface area (Å²) in [5.41, 5.74) is 0. The molecular formula is C71H133NO5. The number of esters is 1. The van der Waals surface area contributed by atoms with E-state index in [9.17, 15) is 19.8 Å². The summed E-state index contributed by atoms with van der Waals surface area (Å²) in [7, 11) is 0. The molecule has 0 aliphatic carbocycles. The Morgan fingerprint density at radius 1 is 0.364 bits per heavy atom. The van der Waals surface area contributed by atoms with E-state index in [0.717, 1.165) is 57.8 Å². The van der Waals surface area contributed by atoms with Crippen molar-refractivity contribution in [3.05, 3.63) is 48.6 Å². The van der Waals surface area contributed by atoms with Crippen LogP contribution in [-0.2, 0) is 14.3 Å². The van der Waals surface area contributed by atoms with Gasteiger partial charge in [0.2, 0.25) is 5.91 Å². The average Bonchev–Trinajstić information content (AvgIpc) is 3.43. The van der Waals surface area contributed by atoms with Crippen molar-refractivity contribution in [1.82, 2.24) is 5.32 Å². The van der Waals surface area contributed by atoms with Crippen molar-refractivity contribution in [1.29, 1.82) is 0 Å². The number of carbonyl (C=O) groups is 2. The minimum absolute atomic E-state index is 0.00196. The fourth-order valence-electron chi connectivity index (χ4n) is 10.6. The van der Waals surface area contributed by atoms with Gasteiger partial charge in [0.15, 0.2) is 0 Å². The van der Waals surface area contributed by atoms with Crippen LogP contribution >= 0.6 is 0 Å². The molecule has 0 aromatic rings. The number of ether oxygens (including phenoxy) is 1. The number of nitrogens with one attached hydrogen (secondary N) is 1. The van der Waals surface area contributed by atoms with Gasteiger partial charge < -0.3 is 20.3 Å². The van der Waals surface area contributed by atoms with Gasteiger partial charge in [-0.3, -0.25) is 9.59 Å². The second-order valence-corrected chi connectivity index (χ2v) is 23.5. The molecule has 0 radical (unpaired) electrons. The minimum Gasteiger partial charge on any atom is -0.466 e. The molecule has 0 aliphatic heterocycles. The van der Waals surface area contributed by atoms with Crippen LogP contribution < -0.4 is 5.32 Å². The molecule has 0 saturated heterocycles. The molecule has 2 atom stereocenters. The number of hydrogen-bond donors (Lipinski definition) is 3. The quantitative estimate of drug-likeness (QED) is 0.0320. The molecule has 0 aliphatic rings. The third-order valence-electron chi connectivity index (χ3n) is 15.9. The van der Waals surface area contributed by atoms with Crippen molar-refractivity contribution in [2.75, 3.05) is 13.2 Å². The van der Waals surface area contributed by atoms with Gasteiger partial charge in [-0.05, 0) is 83.5 Å². The highest BCUT2D eigenvalue weighted by atomic mass is 16.5. The van der Waals surface area contributed by atoms with Gasteiger partial charge in [0.25, 0.3) is 0 Å². The molecule has 452 valence electrons. The number of rotatable bonds is 64. The summed E-state index contributed by atoms with van der Waals surface area (Å²) in [5.74, 6) is -0.0306. The van der Waals surface area contributed by atoms with Gasteiger partial charge in [0.05, 0.1) is 25.4 Å². The van der Waals surface area contributed by atoms with E-state index in [1.165, 1.54) is 276 Å². The summed E-state index contributed by atoms with van der Waals surface area (Å²) in [4.78, 5) is 24.5. The zero-order chi connectivity index (χ0) is 55.7. The van der Waals surface area contributed by atoms with Crippen LogP contribution in [-0.4, -0.2) is 47.4 Å². The van der Waals surface area contributed by atoms with Crippen molar-refractivity contribution in [2.24, 2.45) is 0 Å². The molecular weight excluding hydrogens is 947 g/mol. The maximum atomic E-state index is 12.5. The number of aliphatic hydroxyl groups excluding tert-OH is 2. The first-order valence-electron chi connectivity index (χ1n) is 34.4. The molecule has 0 aromatic carbocycles. The Hall–Kier alpha value is -2.18. The van der Waals surface area contributed by atoms with Crippen molar-refractivity contribution < 1.29 is 24.5 Å². The lowest BCUT2D eigenvalue weighted by Crippen LogP contribution is -2.45. The SMILES string of the molecule is CCCC/C=C\C/C=C\CCCCCCCC(=O)OCCCCCCCCCCCCC/C=C\C/C=C\CCCCCCCCCCCCCCCCCCCC(=O)NC(CO)C(O)CCCCCCCCCCCCC. The highest BCUT2D eigenvalue weighted by molar-refractivity contribution is 5.76. The van der Waals surface area contributed by atoms with Crippen LogP contribution in [0.4, 0.5) is 0 Å². The van der Waals surface area contributed by atoms with Gasteiger partial charge in [0, 0.05) is 12.8 Å². The van der Waals surface area contributed by atoms with Crippen LogP contribution in [0.15, 0.2) is 48.6 Å². The first-order valence-corrected chi connectivity index (χ1v) is 34.4. The Morgan fingerprint density at radius 3 is 1.03 bits per heavy atom. The van der Waals surface area contributed by atoms with E-state index in [0.29, 0.717) is 25.9 Å². The molecule has 0 bridgehead atoms. The number of aliphatic hydroxyl groups is 2. The van der Waals surface area contributed by atoms with E-state index in [1.807, 2.05) is 0 Å². The van der Waals surface area contributed by atoms with E-state index in [2.05, 4.69) is 67.8 Å². The first kappa shape index (κ1) is 74.8. The van der Waals surface area contributed by atoms with Crippen LogP contribution in [0.2, 0.25) is 0 Å². The Morgan fingerprint density at radius 2 is 0.662 bits per heavy atom. The fraction of sp³-hybridized carbons (Fsp3) is 0.859. The van der Waals surface area contributed by atoms with Crippen LogP contribution in [0.3, 0.4) is 0 Å². The van der Waals surface area contributed by atoms with Gasteiger partial charge >= 0.3 is 5.97 Å². The second kappa shape index (κ2) is 66.3. The zero-order valence-corrected chi connectivity index (χ0v) is 51.7. The molecule has 0 rings (SSSR count). The van der Waals surface area contributed by atoms with Gasteiger partial charge in [0.1, 0.15) is 0 Å². The lowest BCUT2D eigenvalue weighted by Gasteiger charge is -2.22. The number of amides is 1. The summed E-state index contributed by atoms with van der Waals surface area (Å²) < 4.78 is 5.48. The molecule has 77 heavy (non-hydrogen) atoms. The summed E-state index contributed by atoms with van der Waals surface area (Å²) in [6.07, 6.45) is 86.0. The molecule has 0 spiro atoms. The summed E-state index contributed by atoms with van der Waals surface area (Å²) in [6.45, 7) is 4.91. The maximum absolute atomic E-state index is 12.5. The summed E-state index contributed by atoms with van der Waals surface area (Å²) in [6, 6.07) is -0.538. The first-order chi connectivity index (χ1) is 38.0. The Balaban J connectivity index is 3.36. The van der Waals surface area contributed by atoms with Crippen LogP contribution in [0.25, 0.3) is 0 Å². The molecule has 0 heterocycles. The molecule has 1 amide bonds. The molecule has 0 saturated carbocycles. The van der Waals surface area contributed by atoms with Crippen LogP contribution in [0, 0.1) is 0 Å². The highest BCUT2D eigenvalue weighted by Gasteiger charge is 2.20. The van der Waals surface area contributed by atoms with Crippen molar-refractivity contribution in [2.45, 2.75) is 379 Å². The number of carbonyl (C=O) groups excluding carboxylic acids is 2. The number of hydrogen-bond acceptors (Lipinski definition) is 5. The largest absolute Gasteiger partial charge is 0.466 e. The Bertz CT molecular complexity index is 1290. The third kappa shape index (κ3) is 62.9. The highest BCUT2D eigenvalue weighted by Crippen LogP contribution is 2.18. The summed E-state index contributed by atoms with van der Waals surface area (Å²) >= 11 is 0. The fourth-order valence-corrected chi connectivity index (χ4v) is 10.6. The van der Waals surface area contributed by atoms with E-state index < -0.39 is 12.1 Å². The van der Waals surface area contributed by atoms with Gasteiger partial charge in [-0.1, -0.05) is 319 Å². The molecule has 6 heteroatoms.